The first kappa shape index (κ1) is 12.5. The van der Waals surface area contributed by atoms with Crippen LogP contribution in [0.3, 0.4) is 0 Å². The van der Waals surface area contributed by atoms with Crippen LogP contribution in [0.25, 0.3) is 0 Å². The van der Waals surface area contributed by atoms with E-state index in [4.69, 9.17) is 22.1 Å². The van der Waals surface area contributed by atoms with E-state index >= 15 is 0 Å². The number of pyridine rings is 1. The largest absolute Gasteiger partial charge is 0.396 e. The molecule has 5 heteroatoms. The Hall–Kier alpha value is -1.00. The molecule has 0 aromatic carbocycles. The second-order valence-electron chi connectivity index (χ2n) is 4.53. The van der Waals surface area contributed by atoms with E-state index in [-0.39, 0.29) is 6.10 Å². The van der Waals surface area contributed by atoms with Crippen LogP contribution in [-0.4, -0.2) is 31.3 Å². The van der Waals surface area contributed by atoms with Crippen LogP contribution in [0, 0.1) is 5.92 Å². The first-order valence-electron chi connectivity index (χ1n) is 5.81. The van der Waals surface area contributed by atoms with Crippen molar-refractivity contribution in [2.75, 3.05) is 30.8 Å². The summed E-state index contributed by atoms with van der Waals surface area (Å²) in [6.07, 6.45) is 1.30. The molecule has 0 bridgehead atoms. The third-order valence-electron chi connectivity index (χ3n) is 3.36. The third kappa shape index (κ3) is 2.64. The molecule has 1 aliphatic heterocycles. The minimum Gasteiger partial charge on any atom is -0.396 e. The van der Waals surface area contributed by atoms with Gasteiger partial charge < -0.3 is 15.4 Å². The summed E-state index contributed by atoms with van der Waals surface area (Å²) in [6, 6.07) is 3.51. The maximum Gasteiger partial charge on any atom is 0.153 e. The fraction of sp³-hybridized carbons (Fsp3) is 0.583. The smallest absolute Gasteiger partial charge is 0.153 e. The molecule has 0 amide bonds. The van der Waals surface area contributed by atoms with Crippen LogP contribution in [-0.2, 0) is 4.74 Å². The van der Waals surface area contributed by atoms with Crippen molar-refractivity contribution in [3.05, 3.63) is 17.3 Å². The number of nitrogens with zero attached hydrogens (tertiary/aromatic N) is 2. The fourth-order valence-electron chi connectivity index (χ4n) is 2.22. The summed E-state index contributed by atoms with van der Waals surface area (Å²) < 4.78 is 5.48. The van der Waals surface area contributed by atoms with Gasteiger partial charge in [-0.05, 0) is 24.5 Å². The van der Waals surface area contributed by atoms with E-state index in [0.29, 0.717) is 16.8 Å². The van der Waals surface area contributed by atoms with Gasteiger partial charge in [0.05, 0.1) is 11.8 Å². The second-order valence-corrected chi connectivity index (χ2v) is 4.92. The van der Waals surface area contributed by atoms with Gasteiger partial charge in [-0.15, -0.1) is 0 Å². The number of hydrogen-bond acceptors (Lipinski definition) is 4. The first-order chi connectivity index (χ1) is 8.11. The Morgan fingerprint density at radius 3 is 3.00 bits per heavy atom. The van der Waals surface area contributed by atoms with Crippen molar-refractivity contribution in [2.24, 2.45) is 5.92 Å². The molecule has 1 aromatic rings. The summed E-state index contributed by atoms with van der Waals surface area (Å²) in [7, 11) is 1.75. The Labute approximate surface area is 107 Å². The average Bonchev–Trinajstić information content (AvgIpc) is 2.33. The van der Waals surface area contributed by atoms with E-state index in [0.717, 1.165) is 25.3 Å². The lowest BCUT2D eigenvalue weighted by Crippen LogP contribution is -2.44. The number of hydrogen-bond donors (Lipinski definition) is 1. The molecule has 0 saturated carbocycles. The van der Waals surface area contributed by atoms with Gasteiger partial charge in [0.25, 0.3) is 0 Å². The van der Waals surface area contributed by atoms with Gasteiger partial charge in [-0.3, -0.25) is 0 Å². The van der Waals surface area contributed by atoms with Crippen LogP contribution in [0.5, 0.6) is 0 Å². The lowest BCUT2D eigenvalue weighted by atomic mass is 9.96. The van der Waals surface area contributed by atoms with Crippen LogP contribution < -0.4 is 10.6 Å². The molecule has 4 nitrogen and oxygen atoms in total. The summed E-state index contributed by atoms with van der Waals surface area (Å²) in [6.45, 7) is 3.97. The number of ether oxygens (including phenoxy) is 1. The Morgan fingerprint density at radius 2 is 2.29 bits per heavy atom. The number of piperidine rings is 1. The summed E-state index contributed by atoms with van der Waals surface area (Å²) in [5, 5.41) is 0.474. The van der Waals surface area contributed by atoms with Crippen molar-refractivity contribution in [3.8, 4) is 0 Å². The highest BCUT2D eigenvalue weighted by Crippen LogP contribution is 2.28. The van der Waals surface area contributed by atoms with E-state index in [1.54, 1.807) is 19.2 Å². The molecule has 0 radical (unpaired) electrons. The zero-order valence-corrected chi connectivity index (χ0v) is 10.9. The molecule has 1 aromatic heterocycles. The van der Waals surface area contributed by atoms with E-state index in [1.165, 1.54) is 0 Å². The predicted molar refractivity (Wildman–Crippen MR) is 70.5 cm³/mol. The highest BCUT2D eigenvalue weighted by molar-refractivity contribution is 6.29. The van der Waals surface area contributed by atoms with Crippen molar-refractivity contribution < 1.29 is 4.74 Å². The van der Waals surface area contributed by atoms with Crippen molar-refractivity contribution in [1.29, 1.82) is 0 Å². The van der Waals surface area contributed by atoms with Crippen LogP contribution in [0.4, 0.5) is 11.5 Å². The molecule has 1 fully saturated rings. The molecule has 2 rings (SSSR count). The number of anilines is 2. The van der Waals surface area contributed by atoms with Gasteiger partial charge >= 0.3 is 0 Å². The zero-order valence-electron chi connectivity index (χ0n) is 10.2. The SMILES string of the molecule is COC1CN(c2nc(Cl)ccc2N)CCC1C. The number of halogens is 1. The Balaban J connectivity index is 2.20. The van der Waals surface area contributed by atoms with Crippen LogP contribution >= 0.6 is 11.6 Å². The molecule has 2 atom stereocenters. The first-order valence-corrected chi connectivity index (χ1v) is 6.19. The molecular weight excluding hydrogens is 238 g/mol. The Morgan fingerprint density at radius 1 is 1.53 bits per heavy atom. The predicted octanol–water partition coefficient (Wildman–Crippen LogP) is 2.18. The lowest BCUT2D eigenvalue weighted by Gasteiger charge is -2.37. The molecule has 1 saturated heterocycles. The summed E-state index contributed by atoms with van der Waals surface area (Å²) in [5.41, 5.74) is 6.60. The van der Waals surface area contributed by atoms with Crippen LogP contribution in [0.1, 0.15) is 13.3 Å². The second kappa shape index (κ2) is 5.10. The Bertz CT molecular complexity index is 399. The molecule has 0 aliphatic carbocycles. The van der Waals surface area contributed by atoms with Crippen molar-refractivity contribution in [3.63, 3.8) is 0 Å². The van der Waals surface area contributed by atoms with Gasteiger partial charge in [0.1, 0.15) is 5.15 Å². The van der Waals surface area contributed by atoms with Gasteiger partial charge in [-0.25, -0.2) is 4.98 Å². The van der Waals surface area contributed by atoms with E-state index in [9.17, 15) is 0 Å². The highest BCUT2D eigenvalue weighted by Gasteiger charge is 2.27. The summed E-state index contributed by atoms with van der Waals surface area (Å²) in [4.78, 5) is 6.45. The van der Waals surface area contributed by atoms with E-state index in [2.05, 4.69) is 16.8 Å². The topological polar surface area (TPSA) is 51.4 Å². The number of nitrogen functional groups attached to an aromatic ring is 1. The average molecular weight is 256 g/mol. The van der Waals surface area contributed by atoms with Gasteiger partial charge in [0, 0.05) is 20.2 Å². The van der Waals surface area contributed by atoms with Crippen molar-refractivity contribution >= 4 is 23.1 Å². The molecular formula is C12H18ClN3O. The summed E-state index contributed by atoms with van der Waals surface area (Å²) >= 11 is 5.91. The minimum absolute atomic E-state index is 0.226. The molecule has 94 valence electrons. The van der Waals surface area contributed by atoms with E-state index in [1.807, 2.05) is 0 Å². The number of aromatic nitrogens is 1. The van der Waals surface area contributed by atoms with Gasteiger partial charge in [-0.1, -0.05) is 18.5 Å². The van der Waals surface area contributed by atoms with Crippen molar-refractivity contribution in [1.82, 2.24) is 4.98 Å². The molecule has 17 heavy (non-hydrogen) atoms. The lowest BCUT2D eigenvalue weighted by molar-refractivity contribution is 0.0497. The van der Waals surface area contributed by atoms with Gasteiger partial charge in [0.2, 0.25) is 0 Å². The van der Waals surface area contributed by atoms with Gasteiger partial charge in [-0.2, -0.15) is 0 Å². The van der Waals surface area contributed by atoms with Crippen molar-refractivity contribution in [2.45, 2.75) is 19.4 Å². The van der Waals surface area contributed by atoms with E-state index < -0.39 is 0 Å². The third-order valence-corrected chi connectivity index (χ3v) is 3.57. The molecule has 2 heterocycles. The number of rotatable bonds is 2. The maximum absolute atomic E-state index is 5.94. The number of nitrogens with two attached hydrogens (primary N) is 1. The fourth-order valence-corrected chi connectivity index (χ4v) is 2.37. The zero-order chi connectivity index (χ0) is 12.4. The number of methoxy groups -OCH3 is 1. The molecule has 2 unspecified atom stereocenters. The van der Waals surface area contributed by atoms with Gasteiger partial charge in [0.15, 0.2) is 5.82 Å². The summed E-state index contributed by atoms with van der Waals surface area (Å²) in [5.74, 6) is 1.34. The maximum atomic E-state index is 5.94. The van der Waals surface area contributed by atoms with Crippen LogP contribution in [0.2, 0.25) is 5.15 Å². The quantitative estimate of drug-likeness (QED) is 0.823. The Kier molecular flexibility index (Phi) is 3.74. The molecule has 2 N–H and O–H groups in total. The molecule has 1 aliphatic rings. The standard InChI is InChI=1S/C12H18ClN3O/c1-8-5-6-16(7-10(8)17-2)12-9(14)3-4-11(13)15-12/h3-4,8,10H,5-7,14H2,1-2H3. The highest BCUT2D eigenvalue weighted by atomic mass is 35.5. The van der Waals surface area contributed by atoms with Crippen LogP contribution in [0.15, 0.2) is 12.1 Å². The normalized spacial score (nSPS) is 25.0. The molecule has 0 spiro atoms. The minimum atomic E-state index is 0.226. The monoisotopic (exact) mass is 255 g/mol.